The number of hydrogen-bond acceptors (Lipinski definition) is 3. The molecule has 0 atom stereocenters. The van der Waals surface area contributed by atoms with E-state index in [0.29, 0.717) is 0 Å². The second kappa shape index (κ2) is 8.05. The molecule has 3 rings (SSSR count). The topological polar surface area (TPSA) is 15.7 Å². The third-order valence-electron chi connectivity index (χ3n) is 5.18. The lowest BCUT2D eigenvalue weighted by atomic mass is 9.89. The highest BCUT2D eigenvalue weighted by atomic mass is 16.5. The molecule has 23 heavy (non-hydrogen) atoms. The van der Waals surface area contributed by atoms with E-state index in [1.54, 1.807) is 0 Å². The van der Waals surface area contributed by atoms with Gasteiger partial charge in [-0.25, -0.2) is 0 Å². The van der Waals surface area contributed by atoms with Crippen molar-refractivity contribution < 1.29 is 4.74 Å². The molecule has 1 saturated heterocycles. The van der Waals surface area contributed by atoms with Crippen molar-refractivity contribution in [2.75, 3.05) is 37.6 Å². The van der Waals surface area contributed by atoms with Gasteiger partial charge in [0.1, 0.15) is 5.75 Å². The van der Waals surface area contributed by atoms with Gasteiger partial charge in [0.15, 0.2) is 0 Å². The lowest BCUT2D eigenvalue weighted by Crippen LogP contribution is -2.48. The Bertz CT molecular complexity index is 474. The van der Waals surface area contributed by atoms with Crippen molar-refractivity contribution in [1.82, 2.24) is 4.90 Å². The van der Waals surface area contributed by atoms with Crippen LogP contribution < -0.4 is 9.64 Å². The Labute approximate surface area is 141 Å². The highest BCUT2D eigenvalue weighted by molar-refractivity contribution is 5.58. The summed E-state index contributed by atoms with van der Waals surface area (Å²) in [6.45, 7) is 10.1. The van der Waals surface area contributed by atoms with Crippen molar-refractivity contribution in [2.24, 2.45) is 5.92 Å². The Morgan fingerprint density at radius 2 is 1.70 bits per heavy atom. The molecule has 3 nitrogen and oxygen atoms in total. The zero-order chi connectivity index (χ0) is 16.1. The fourth-order valence-corrected chi connectivity index (χ4v) is 3.98. The smallest absolute Gasteiger partial charge is 0.142 e. The molecule has 0 unspecified atom stereocenters. The van der Waals surface area contributed by atoms with Crippen molar-refractivity contribution in [3.05, 3.63) is 24.3 Å². The van der Waals surface area contributed by atoms with Crippen LogP contribution >= 0.6 is 0 Å². The van der Waals surface area contributed by atoms with Crippen LogP contribution in [0.5, 0.6) is 5.75 Å². The first-order valence-electron chi connectivity index (χ1n) is 9.45. The zero-order valence-electron chi connectivity index (χ0n) is 14.8. The predicted molar refractivity (Wildman–Crippen MR) is 97.4 cm³/mol. The van der Waals surface area contributed by atoms with Gasteiger partial charge in [-0.1, -0.05) is 31.4 Å². The molecule has 1 aliphatic heterocycles. The number of nitrogens with zero attached hydrogens (tertiary/aromatic N) is 2. The first kappa shape index (κ1) is 16.6. The molecule has 0 bridgehead atoms. The van der Waals surface area contributed by atoms with E-state index >= 15 is 0 Å². The molecular formula is C20H32N2O. The van der Waals surface area contributed by atoms with E-state index < -0.39 is 0 Å². The normalized spacial score (nSPS) is 20.9. The van der Waals surface area contributed by atoms with Crippen LogP contribution in [-0.2, 0) is 0 Å². The molecule has 0 spiro atoms. The number of hydrogen-bond donors (Lipinski definition) is 0. The summed E-state index contributed by atoms with van der Waals surface area (Å²) in [4.78, 5) is 5.17. The van der Waals surface area contributed by atoms with Crippen molar-refractivity contribution in [1.29, 1.82) is 0 Å². The Kier molecular flexibility index (Phi) is 5.82. The lowest BCUT2D eigenvalue weighted by molar-refractivity contribution is 0.191. The minimum absolute atomic E-state index is 0.226. The van der Waals surface area contributed by atoms with E-state index in [-0.39, 0.29) is 6.10 Å². The minimum Gasteiger partial charge on any atom is -0.489 e. The van der Waals surface area contributed by atoms with E-state index in [1.165, 1.54) is 57.4 Å². The fourth-order valence-electron chi connectivity index (χ4n) is 3.98. The van der Waals surface area contributed by atoms with Crippen molar-refractivity contribution >= 4 is 5.69 Å². The number of para-hydroxylation sites is 2. The SMILES string of the molecule is CC(C)Oc1ccccc1N1CCN(CC2CCCCC2)CC1. The van der Waals surface area contributed by atoms with Gasteiger partial charge in [-0.2, -0.15) is 0 Å². The Morgan fingerprint density at radius 1 is 1.00 bits per heavy atom. The molecule has 1 aliphatic carbocycles. The van der Waals surface area contributed by atoms with Crippen LogP contribution in [0, 0.1) is 5.92 Å². The van der Waals surface area contributed by atoms with Gasteiger partial charge in [0, 0.05) is 32.7 Å². The van der Waals surface area contributed by atoms with Gasteiger partial charge in [-0.05, 0) is 44.7 Å². The number of ether oxygens (including phenoxy) is 1. The molecular weight excluding hydrogens is 284 g/mol. The van der Waals surface area contributed by atoms with Crippen LogP contribution in [0.25, 0.3) is 0 Å². The number of rotatable bonds is 5. The number of benzene rings is 1. The van der Waals surface area contributed by atoms with Gasteiger partial charge in [-0.15, -0.1) is 0 Å². The van der Waals surface area contributed by atoms with Crippen LogP contribution in [0.4, 0.5) is 5.69 Å². The van der Waals surface area contributed by atoms with Gasteiger partial charge < -0.3 is 9.64 Å². The van der Waals surface area contributed by atoms with Crippen molar-refractivity contribution in [2.45, 2.75) is 52.1 Å². The minimum atomic E-state index is 0.226. The van der Waals surface area contributed by atoms with Crippen LogP contribution in [-0.4, -0.2) is 43.7 Å². The first-order chi connectivity index (χ1) is 11.2. The van der Waals surface area contributed by atoms with Crippen LogP contribution in [0.1, 0.15) is 46.0 Å². The lowest BCUT2D eigenvalue weighted by Gasteiger charge is -2.38. The standard InChI is InChI=1S/C20H32N2O/c1-17(2)23-20-11-7-6-10-19(20)22-14-12-21(13-15-22)16-18-8-4-3-5-9-18/h6-7,10-11,17-18H,3-5,8-9,12-16H2,1-2H3. The summed E-state index contributed by atoms with van der Waals surface area (Å²) in [5.74, 6) is 1.98. The van der Waals surface area contributed by atoms with Crippen LogP contribution in [0.3, 0.4) is 0 Å². The Balaban J connectivity index is 1.54. The molecule has 0 aromatic heterocycles. The monoisotopic (exact) mass is 316 g/mol. The summed E-state index contributed by atoms with van der Waals surface area (Å²) in [6, 6.07) is 8.50. The molecule has 0 amide bonds. The van der Waals surface area contributed by atoms with E-state index in [4.69, 9.17) is 4.74 Å². The summed E-state index contributed by atoms with van der Waals surface area (Å²) in [5, 5.41) is 0. The maximum Gasteiger partial charge on any atom is 0.142 e. The van der Waals surface area contributed by atoms with Gasteiger partial charge >= 0.3 is 0 Å². The van der Waals surface area contributed by atoms with Gasteiger partial charge in [0.2, 0.25) is 0 Å². The summed E-state index contributed by atoms with van der Waals surface area (Å²) in [5.41, 5.74) is 1.26. The van der Waals surface area contributed by atoms with E-state index in [2.05, 4.69) is 47.9 Å². The van der Waals surface area contributed by atoms with Crippen molar-refractivity contribution in [3.63, 3.8) is 0 Å². The van der Waals surface area contributed by atoms with Gasteiger partial charge in [-0.3, -0.25) is 4.90 Å². The molecule has 2 fully saturated rings. The molecule has 1 heterocycles. The average molecular weight is 316 g/mol. The highest BCUT2D eigenvalue weighted by Gasteiger charge is 2.23. The second-order valence-electron chi connectivity index (χ2n) is 7.43. The maximum absolute atomic E-state index is 5.99. The predicted octanol–water partition coefficient (Wildman–Crippen LogP) is 4.18. The maximum atomic E-state index is 5.99. The molecule has 2 aliphatic rings. The number of anilines is 1. The summed E-state index contributed by atoms with van der Waals surface area (Å²) >= 11 is 0. The molecule has 0 radical (unpaired) electrons. The van der Waals surface area contributed by atoms with E-state index in [1.807, 2.05) is 0 Å². The van der Waals surface area contributed by atoms with Gasteiger partial charge in [0.05, 0.1) is 11.8 Å². The Morgan fingerprint density at radius 3 is 2.39 bits per heavy atom. The molecule has 3 heteroatoms. The first-order valence-corrected chi connectivity index (χ1v) is 9.45. The summed E-state index contributed by atoms with van der Waals surface area (Å²) < 4.78 is 5.99. The zero-order valence-corrected chi connectivity index (χ0v) is 14.8. The molecule has 128 valence electrons. The highest BCUT2D eigenvalue weighted by Crippen LogP contribution is 2.30. The quantitative estimate of drug-likeness (QED) is 0.810. The summed E-state index contributed by atoms with van der Waals surface area (Å²) in [7, 11) is 0. The number of piperazine rings is 1. The van der Waals surface area contributed by atoms with E-state index in [0.717, 1.165) is 24.8 Å². The third-order valence-corrected chi connectivity index (χ3v) is 5.18. The third kappa shape index (κ3) is 4.63. The molecule has 1 aromatic carbocycles. The fraction of sp³-hybridized carbons (Fsp3) is 0.700. The summed E-state index contributed by atoms with van der Waals surface area (Å²) in [6.07, 6.45) is 7.48. The molecule has 0 N–H and O–H groups in total. The second-order valence-corrected chi connectivity index (χ2v) is 7.43. The largest absolute Gasteiger partial charge is 0.489 e. The van der Waals surface area contributed by atoms with E-state index in [9.17, 15) is 0 Å². The van der Waals surface area contributed by atoms with Gasteiger partial charge in [0.25, 0.3) is 0 Å². The molecule has 1 saturated carbocycles. The average Bonchev–Trinajstić information content (AvgIpc) is 2.57. The van der Waals surface area contributed by atoms with Crippen LogP contribution in [0.2, 0.25) is 0 Å². The van der Waals surface area contributed by atoms with Crippen molar-refractivity contribution in [3.8, 4) is 5.75 Å². The Hall–Kier alpha value is -1.22. The van der Waals surface area contributed by atoms with Crippen LogP contribution in [0.15, 0.2) is 24.3 Å². The molecule has 1 aromatic rings.